The highest BCUT2D eigenvalue weighted by Gasteiger charge is 2.50. The van der Waals surface area contributed by atoms with Gasteiger partial charge in [-0.3, -0.25) is 4.90 Å². The summed E-state index contributed by atoms with van der Waals surface area (Å²) in [5.74, 6) is 0.292. The number of nitrogens with one attached hydrogen (secondary N) is 1. The van der Waals surface area contributed by atoms with Crippen LogP contribution in [0.5, 0.6) is 0 Å². The van der Waals surface area contributed by atoms with E-state index in [1.165, 1.54) is 5.56 Å². The Morgan fingerprint density at radius 3 is 2.76 bits per heavy atom. The Labute approximate surface area is 150 Å². The molecule has 0 aromatic heterocycles. The quantitative estimate of drug-likeness (QED) is 0.912. The van der Waals surface area contributed by atoms with Crippen molar-refractivity contribution in [3.05, 3.63) is 35.9 Å². The summed E-state index contributed by atoms with van der Waals surface area (Å²) in [4.78, 5) is 14.9. The van der Waals surface area contributed by atoms with Crippen LogP contribution >= 0.6 is 0 Å². The van der Waals surface area contributed by atoms with Gasteiger partial charge < -0.3 is 14.8 Å². The number of hydrogen-bond acceptors (Lipinski definition) is 4. The first-order chi connectivity index (χ1) is 11.8. The molecule has 3 rings (SSSR count). The molecular formula is C20H30N2O3. The minimum atomic E-state index is -0.489. The second-order valence-corrected chi connectivity index (χ2v) is 8.32. The predicted octanol–water partition coefficient (Wildman–Crippen LogP) is 3.36. The van der Waals surface area contributed by atoms with Crippen molar-refractivity contribution >= 4 is 6.09 Å². The Kier molecular flexibility index (Phi) is 5.07. The van der Waals surface area contributed by atoms with Crippen LogP contribution in [-0.2, 0) is 9.47 Å². The summed E-state index contributed by atoms with van der Waals surface area (Å²) in [6.07, 6.45) is 0.503. The lowest BCUT2D eigenvalue weighted by molar-refractivity contribution is -0.00169. The van der Waals surface area contributed by atoms with Crippen LogP contribution < -0.4 is 5.32 Å². The first-order valence-electron chi connectivity index (χ1n) is 9.17. The molecule has 0 radical (unpaired) electrons. The molecule has 2 aliphatic rings. The fraction of sp³-hybridized carbons (Fsp3) is 0.650. The summed E-state index contributed by atoms with van der Waals surface area (Å²) in [5, 5.41) is 3.20. The van der Waals surface area contributed by atoms with Gasteiger partial charge in [0.15, 0.2) is 0 Å². The highest BCUT2D eigenvalue weighted by Crippen LogP contribution is 2.38. The molecule has 1 N–H and O–H groups in total. The van der Waals surface area contributed by atoms with E-state index in [0.29, 0.717) is 25.2 Å². The van der Waals surface area contributed by atoms with Gasteiger partial charge in [-0.1, -0.05) is 30.3 Å². The van der Waals surface area contributed by atoms with Crippen LogP contribution in [0.15, 0.2) is 30.3 Å². The number of carbonyl (C=O) groups is 1. The average molecular weight is 346 g/mol. The first-order valence-corrected chi connectivity index (χ1v) is 9.17. The molecule has 0 aliphatic carbocycles. The molecule has 0 saturated carbocycles. The molecule has 0 bridgehead atoms. The summed E-state index contributed by atoms with van der Waals surface area (Å²) in [6.45, 7) is 11.0. The third-order valence-electron chi connectivity index (χ3n) is 5.31. The van der Waals surface area contributed by atoms with E-state index in [-0.39, 0.29) is 11.6 Å². The van der Waals surface area contributed by atoms with Crippen LogP contribution in [0.1, 0.15) is 45.7 Å². The zero-order chi connectivity index (χ0) is 18.1. The van der Waals surface area contributed by atoms with Crippen molar-refractivity contribution in [1.29, 1.82) is 0 Å². The van der Waals surface area contributed by atoms with Gasteiger partial charge in [0.05, 0.1) is 12.1 Å². The summed E-state index contributed by atoms with van der Waals surface area (Å²) >= 11 is 0. The van der Waals surface area contributed by atoms with Gasteiger partial charge in [-0.25, -0.2) is 4.79 Å². The molecule has 2 saturated heterocycles. The smallest absolute Gasteiger partial charge is 0.408 e. The number of hydrogen-bond donors (Lipinski definition) is 1. The lowest BCUT2D eigenvalue weighted by atomic mass is 9.83. The molecule has 1 amide bonds. The molecule has 2 heterocycles. The number of benzene rings is 1. The molecule has 138 valence electrons. The number of likely N-dealkylation sites (tertiary alicyclic amines) is 1. The van der Waals surface area contributed by atoms with Crippen molar-refractivity contribution in [2.75, 3.05) is 26.3 Å². The molecule has 25 heavy (non-hydrogen) atoms. The summed E-state index contributed by atoms with van der Waals surface area (Å²) in [6, 6.07) is 10.8. The van der Waals surface area contributed by atoms with E-state index in [1.54, 1.807) is 0 Å². The maximum absolute atomic E-state index is 12.4. The van der Waals surface area contributed by atoms with E-state index in [9.17, 15) is 4.79 Å². The van der Waals surface area contributed by atoms with Crippen LogP contribution in [-0.4, -0.2) is 48.4 Å². The molecule has 5 nitrogen and oxygen atoms in total. The number of nitrogens with zero attached hydrogens (tertiary/aromatic N) is 1. The molecule has 3 atom stereocenters. The minimum absolute atomic E-state index is 0.260. The van der Waals surface area contributed by atoms with E-state index < -0.39 is 5.60 Å². The van der Waals surface area contributed by atoms with Crippen molar-refractivity contribution in [3.63, 3.8) is 0 Å². The lowest BCUT2D eigenvalue weighted by Gasteiger charge is -2.39. The molecule has 2 aliphatic heterocycles. The largest absolute Gasteiger partial charge is 0.444 e. The second-order valence-electron chi connectivity index (χ2n) is 8.32. The van der Waals surface area contributed by atoms with Crippen LogP contribution in [0.2, 0.25) is 0 Å². The first kappa shape index (κ1) is 18.2. The van der Waals surface area contributed by atoms with Gasteiger partial charge in [-0.15, -0.1) is 0 Å². The number of amides is 1. The maximum Gasteiger partial charge on any atom is 0.408 e. The molecule has 1 aromatic carbocycles. The van der Waals surface area contributed by atoms with Crippen LogP contribution in [0, 0.1) is 5.92 Å². The zero-order valence-electron chi connectivity index (χ0n) is 15.7. The predicted molar refractivity (Wildman–Crippen MR) is 97.5 cm³/mol. The van der Waals surface area contributed by atoms with Gasteiger partial charge >= 0.3 is 6.09 Å². The average Bonchev–Trinajstić information content (AvgIpc) is 2.92. The summed E-state index contributed by atoms with van der Waals surface area (Å²) in [5.41, 5.74) is 0.551. The van der Waals surface area contributed by atoms with Crippen molar-refractivity contribution in [3.8, 4) is 0 Å². The monoisotopic (exact) mass is 346 g/mol. The highest BCUT2D eigenvalue weighted by atomic mass is 16.6. The van der Waals surface area contributed by atoms with Gasteiger partial charge in [0.1, 0.15) is 5.60 Å². The van der Waals surface area contributed by atoms with Crippen molar-refractivity contribution < 1.29 is 14.3 Å². The van der Waals surface area contributed by atoms with Crippen molar-refractivity contribution in [2.45, 2.75) is 51.3 Å². The van der Waals surface area contributed by atoms with E-state index in [2.05, 4.69) is 41.4 Å². The van der Waals surface area contributed by atoms with Crippen molar-refractivity contribution in [2.24, 2.45) is 5.92 Å². The third kappa shape index (κ3) is 4.15. The number of fused-ring (bicyclic) bond motifs is 1. The van der Waals surface area contributed by atoms with Gasteiger partial charge in [0.25, 0.3) is 0 Å². The van der Waals surface area contributed by atoms with Gasteiger partial charge in [0, 0.05) is 31.7 Å². The van der Waals surface area contributed by atoms with E-state index in [1.807, 2.05) is 26.8 Å². The number of rotatable bonds is 3. The Hall–Kier alpha value is -1.59. The Morgan fingerprint density at radius 2 is 2.08 bits per heavy atom. The molecule has 1 aromatic rings. The molecule has 0 unspecified atom stereocenters. The molecular weight excluding hydrogens is 316 g/mol. The normalized spacial score (nSPS) is 28.2. The Morgan fingerprint density at radius 1 is 1.36 bits per heavy atom. The van der Waals surface area contributed by atoms with Crippen molar-refractivity contribution in [1.82, 2.24) is 10.2 Å². The van der Waals surface area contributed by atoms with Crippen LogP contribution in [0.4, 0.5) is 4.79 Å². The number of alkyl carbamates (subject to hydrolysis) is 1. The third-order valence-corrected chi connectivity index (χ3v) is 5.31. The fourth-order valence-electron chi connectivity index (χ4n) is 3.94. The van der Waals surface area contributed by atoms with Gasteiger partial charge in [-0.05, 0) is 39.7 Å². The topological polar surface area (TPSA) is 50.8 Å². The van der Waals surface area contributed by atoms with E-state index in [4.69, 9.17) is 9.47 Å². The van der Waals surface area contributed by atoms with E-state index in [0.717, 1.165) is 19.5 Å². The summed E-state index contributed by atoms with van der Waals surface area (Å²) in [7, 11) is 0. The minimum Gasteiger partial charge on any atom is -0.444 e. The SMILES string of the molecule is C[C@H](c1ccccc1)N1C[C@@H]2COCC[C@@]2(NC(=O)OC(C)(C)C)C1. The number of ether oxygens (including phenoxy) is 2. The zero-order valence-corrected chi connectivity index (χ0v) is 15.7. The Balaban J connectivity index is 1.74. The van der Waals surface area contributed by atoms with Crippen LogP contribution in [0.25, 0.3) is 0 Å². The van der Waals surface area contributed by atoms with Gasteiger partial charge in [0.2, 0.25) is 0 Å². The standard InChI is InChI=1S/C20H30N2O3/c1-15(16-8-6-5-7-9-16)22-12-17-13-24-11-10-20(17,14-22)21-18(23)25-19(2,3)4/h5-9,15,17H,10-14H2,1-4H3,(H,21,23)/t15-,17-,20-/m1/s1. The maximum atomic E-state index is 12.4. The Bertz CT molecular complexity index is 599. The molecule has 0 spiro atoms. The second kappa shape index (κ2) is 6.96. The summed E-state index contributed by atoms with van der Waals surface area (Å²) < 4.78 is 11.2. The fourth-order valence-corrected chi connectivity index (χ4v) is 3.94. The molecule has 5 heteroatoms. The number of carbonyl (C=O) groups excluding carboxylic acids is 1. The van der Waals surface area contributed by atoms with E-state index >= 15 is 0 Å². The van der Waals surface area contributed by atoms with Crippen LogP contribution in [0.3, 0.4) is 0 Å². The van der Waals surface area contributed by atoms with Gasteiger partial charge in [-0.2, -0.15) is 0 Å². The highest BCUT2D eigenvalue weighted by molar-refractivity contribution is 5.69. The molecule has 2 fully saturated rings. The lowest BCUT2D eigenvalue weighted by Crippen LogP contribution is -2.58.